The minimum Gasteiger partial charge on any atom is -0.481 e. The van der Waals surface area contributed by atoms with Crippen LogP contribution in [0.3, 0.4) is 0 Å². The van der Waals surface area contributed by atoms with E-state index in [0.29, 0.717) is 10.6 Å². The summed E-state index contributed by atoms with van der Waals surface area (Å²) in [5, 5.41) is 15.3. The van der Waals surface area contributed by atoms with Gasteiger partial charge in [0.2, 0.25) is 5.91 Å². The van der Waals surface area contributed by atoms with Gasteiger partial charge in [0.25, 0.3) is 5.91 Å². The van der Waals surface area contributed by atoms with E-state index < -0.39 is 5.97 Å². The predicted octanol–water partition coefficient (Wildman–Crippen LogP) is 4.63. The first-order valence-corrected chi connectivity index (χ1v) is 10.7. The van der Waals surface area contributed by atoms with Crippen LogP contribution in [0.15, 0.2) is 24.3 Å². The highest BCUT2D eigenvalue weighted by Gasteiger charge is 2.27. The lowest BCUT2D eigenvalue weighted by Crippen LogP contribution is -2.20. The normalized spacial score (nSPS) is 14.0. The van der Waals surface area contributed by atoms with Gasteiger partial charge in [0, 0.05) is 23.4 Å². The molecule has 0 aliphatic heterocycles. The molecule has 1 aromatic carbocycles. The number of carboxylic acids is 1. The average molecular weight is 415 g/mol. The molecule has 3 N–H and O–H groups in total. The van der Waals surface area contributed by atoms with E-state index in [1.54, 1.807) is 6.92 Å². The molecule has 0 saturated carbocycles. The number of nitrogens with one attached hydrogen (secondary N) is 2. The fourth-order valence-electron chi connectivity index (χ4n) is 3.67. The van der Waals surface area contributed by atoms with Gasteiger partial charge in [-0.15, -0.1) is 11.3 Å². The molecule has 29 heavy (non-hydrogen) atoms. The van der Waals surface area contributed by atoms with Crippen LogP contribution in [0, 0.1) is 12.8 Å². The number of rotatable bonds is 7. The maximum absolute atomic E-state index is 13.1. The number of aliphatic carboxylic acids is 1. The minimum atomic E-state index is -0.921. The lowest BCUT2D eigenvalue weighted by Gasteiger charge is -2.14. The molecule has 7 heteroatoms. The molecule has 1 aliphatic carbocycles. The Morgan fingerprint density at radius 2 is 1.90 bits per heavy atom. The van der Waals surface area contributed by atoms with Crippen molar-refractivity contribution in [1.82, 2.24) is 0 Å². The zero-order chi connectivity index (χ0) is 21.0. The average Bonchev–Trinajstić information content (AvgIpc) is 2.98. The number of carbonyl (C=O) groups excluding carboxylic acids is 2. The Bertz CT molecular complexity index is 935. The van der Waals surface area contributed by atoms with Crippen molar-refractivity contribution in [3.8, 4) is 0 Å². The first kappa shape index (κ1) is 21.0. The Balaban J connectivity index is 1.82. The minimum absolute atomic E-state index is 0.0605. The van der Waals surface area contributed by atoms with Crippen molar-refractivity contribution in [1.29, 1.82) is 0 Å². The van der Waals surface area contributed by atoms with E-state index in [-0.39, 0.29) is 30.6 Å². The summed E-state index contributed by atoms with van der Waals surface area (Å²) in [4.78, 5) is 37.6. The maximum atomic E-state index is 13.1. The molecule has 0 fully saturated rings. The summed E-state index contributed by atoms with van der Waals surface area (Å²) in [6, 6.07) is 7.60. The molecule has 154 valence electrons. The summed E-state index contributed by atoms with van der Waals surface area (Å²) in [5.41, 5.74) is 3.35. The van der Waals surface area contributed by atoms with Crippen LogP contribution in [-0.2, 0) is 22.4 Å². The summed E-state index contributed by atoms with van der Waals surface area (Å²) in [6.45, 7) is 3.70. The van der Waals surface area contributed by atoms with Crippen molar-refractivity contribution >= 4 is 39.8 Å². The quantitative estimate of drug-likeness (QED) is 0.616. The Labute approximate surface area is 174 Å². The topological polar surface area (TPSA) is 95.5 Å². The molecule has 0 spiro atoms. The molecule has 3 rings (SSSR count). The molecule has 1 aromatic heterocycles. The van der Waals surface area contributed by atoms with Crippen molar-refractivity contribution in [2.45, 2.75) is 52.4 Å². The molecule has 1 unspecified atom stereocenters. The van der Waals surface area contributed by atoms with Crippen LogP contribution in [0.2, 0.25) is 0 Å². The standard InChI is InChI=1S/C22H26N2O4S/c1-13-6-5-7-15(10-13)23-21(28)20-16-8-3-4-9-17(16)29-22(20)24-18(25)11-14(2)12-19(26)27/h5-7,10,14H,3-4,8-9,11-12H2,1-2H3,(H,23,28)(H,24,25)(H,26,27). The summed E-state index contributed by atoms with van der Waals surface area (Å²) in [5.74, 6) is -1.67. The highest BCUT2D eigenvalue weighted by Crippen LogP contribution is 2.38. The second-order valence-electron chi connectivity index (χ2n) is 7.69. The molecule has 6 nitrogen and oxygen atoms in total. The van der Waals surface area contributed by atoms with Gasteiger partial charge in [-0.05, 0) is 61.8 Å². The van der Waals surface area contributed by atoms with E-state index >= 15 is 0 Å². The van der Waals surface area contributed by atoms with Crippen LogP contribution in [0.25, 0.3) is 0 Å². The van der Waals surface area contributed by atoms with Crippen LogP contribution in [-0.4, -0.2) is 22.9 Å². The number of fused-ring (bicyclic) bond motifs is 1. The summed E-state index contributed by atoms with van der Waals surface area (Å²) in [6.07, 6.45) is 3.89. The van der Waals surface area contributed by atoms with Gasteiger partial charge in [-0.25, -0.2) is 0 Å². The second-order valence-corrected chi connectivity index (χ2v) is 8.80. The van der Waals surface area contributed by atoms with Crippen molar-refractivity contribution < 1.29 is 19.5 Å². The molecule has 0 bridgehead atoms. The Hall–Kier alpha value is -2.67. The fourth-order valence-corrected chi connectivity index (χ4v) is 4.98. The molecular formula is C22H26N2O4S. The van der Waals surface area contributed by atoms with Crippen LogP contribution in [0.1, 0.15) is 59.0 Å². The van der Waals surface area contributed by atoms with Crippen LogP contribution >= 0.6 is 11.3 Å². The molecule has 1 atom stereocenters. The van der Waals surface area contributed by atoms with Gasteiger partial charge in [0.05, 0.1) is 5.56 Å². The number of benzene rings is 1. The first-order chi connectivity index (χ1) is 13.8. The van der Waals surface area contributed by atoms with Crippen molar-refractivity contribution in [2.75, 3.05) is 10.6 Å². The number of carboxylic acid groups (broad SMARTS) is 1. The van der Waals surface area contributed by atoms with E-state index in [0.717, 1.165) is 47.4 Å². The summed E-state index contributed by atoms with van der Waals surface area (Å²) >= 11 is 1.46. The van der Waals surface area contributed by atoms with E-state index in [2.05, 4.69) is 10.6 Å². The van der Waals surface area contributed by atoms with Gasteiger partial charge < -0.3 is 15.7 Å². The molecule has 0 radical (unpaired) electrons. The highest BCUT2D eigenvalue weighted by atomic mass is 32.1. The van der Waals surface area contributed by atoms with Gasteiger partial charge in [-0.2, -0.15) is 0 Å². The third-order valence-electron chi connectivity index (χ3n) is 4.98. The number of aryl methyl sites for hydroxylation is 2. The van der Waals surface area contributed by atoms with Crippen molar-refractivity contribution in [3.63, 3.8) is 0 Å². The Morgan fingerprint density at radius 1 is 1.14 bits per heavy atom. The van der Waals surface area contributed by atoms with E-state index in [4.69, 9.17) is 5.11 Å². The van der Waals surface area contributed by atoms with E-state index in [1.807, 2.05) is 31.2 Å². The molecule has 1 aliphatic rings. The van der Waals surface area contributed by atoms with Crippen molar-refractivity contribution in [2.24, 2.45) is 5.92 Å². The number of thiophene rings is 1. The number of carbonyl (C=O) groups is 3. The zero-order valence-corrected chi connectivity index (χ0v) is 17.5. The molecule has 2 aromatic rings. The number of anilines is 2. The lowest BCUT2D eigenvalue weighted by atomic mass is 9.95. The molecule has 0 saturated heterocycles. The number of hydrogen-bond acceptors (Lipinski definition) is 4. The third-order valence-corrected chi connectivity index (χ3v) is 6.19. The monoisotopic (exact) mass is 414 g/mol. The van der Waals surface area contributed by atoms with Gasteiger partial charge in [0.1, 0.15) is 5.00 Å². The first-order valence-electron chi connectivity index (χ1n) is 9.87. The highest BCUT2D eigenvalue weighted by molar-refractivity contribution is 7.17. The summed E-state index contributed by atoms with van der Waals surface area (Å²) < 4.78 is 0. The predicted molar refractivity (Wildman–Crippen MR) is 115 cm³/mol. The van der Waals surface area contributed by atoms with Crippen molar-refractivity contribution in [3.05, 3.63) is 45.8 Å². The molecule has 1 heterocycles. The second kappa shape index (κ2) is 9.22. The van der Waals surface area contributed by atoms with Crippen LogP contribution < -0.4 is 10.6 Å². The largest absolute Gasteiger partial charge is 0.481 e. The Kier molecular flexibility index (Phi) is 6.69. The van der Waals surface area contributed by atoms with E-state index in [1.165, 1.54) is 11.3 Å². The van der Waals surface area contributed by atoms with Gasteiger partial charge in [-0.3, -0.25) is 14.4 Å². The van der Waals surface area contributed by atoms with E-state index in [9.17, 15) is 14.4 Å². The maximum Gasteiger partial charge on any atom is 0.303 e. The van der Waals surface area contributed by atoms with Crippen LogP contribution in [0.4, 0.5) is 10.7 Å². The fraction of sp³-hybridized carbons (Fsp3) is 0.409. The summed E-state index contributed by atoms with van der Waals surface area (Å²) in [7, 11) is 0. The van der Waals surface area contributed by atoms with Crippen LogP contribution in [0.5, 0.6) is 0 Å². The molecule has 2 amide bonds. The Morgan fingerprint density at radius 3 is 2.62 bits per heavy atom. The SMILES string of the molecule is Cc1cccc(NC(=O)c2c(NC(=O)CC(C)CC(=O)O)sc3c2CCCC3)c1. The third kappa shape index (κ3) is 5.44. The van der Waals surface area contributed by atoms with Gasteiger partial charge in [-0.1, -0.05) is 19.1 Å². The smallest absolute Gasteiger partial charge is 0.303 e. The van der Waals surface area contributed by atoms with Gasteiger partial charge in [0.15, 0.2) is 0 Å². The van der Waals surface area contributed by atoms with Gasteiger partial charge >= 0.3 is 5.97 Å². The number of amides is 2. The zero-order valence-electron chi connectivity index (χ0n) is 16.7. The number of hydrogen-bond donors (Lipinski definition) is 3. The lowest BCUT2D eigenvalue weighted by molar-refractivity contribution is -0.138. The molecular weight excluding hydrogens is 388 g/mol.